The van der Waals surface area contributed by atoms with Crippen molar-refractivity contribution in [3.8, 4) is 5.69 Å². The Morgan fingerprint density at radius 3 is 2.06 bits per heavy atom. The van der Waals surface area contributed by atoms with Gasteiger partial charge in [0.1, 0.15) is 5.69 Å². The van der Waals surface area contributed by atoms with Crippen LogP contribution in [-0.2, 0) is 0 Å². The zero-order valence-electron chi connectivity index (χ0n) is 7.39. The van der Waals surface area contributed by atoms with Gasteiger partial charge in [-0.3, -0.25) is 0 Å². The molecule has 0 radical (unpaired) electrons. The molecule has 0 amide bonds. The molecule has 8 heteroatoms. The summed E-state index contributed by atoms with van der Waals surface area (Å²) in [5.41, 5.74) is -0.923. The molecule has 2 aromatic rings. The van der Waals surface area contributed by atoms with E-state index in [1.807, 2.05) is 22.6 Å². The minimum Gasteiger partial charge on any atom is -0.234 e. The summed E-state index contributed by atoms with van der Waals surface area (Å²) < 4.78 is 53.3. The second-order valence-electron chi connectivity index (χ2n) is 2.77. The average Bonchev–Trinajstić information content (AvgIpc) is 2.62. The molecule has 16 heavy (non-hydrogen) atoms. The van der Waals surface area contributed by atoms with Gasteiger partial charge in [-0.25, -0.2) is 4.68 Å². The number of hydrogen-bond acceptors (Lipinski definition) is 2. The molecule has 0 aromatic carbocycles. The summed E-state index contributed by atoms with van der Waals surface area (Å²) in [6.07, 6.45) is 2.51. The van der Waals surface area contributed by atoms with Crippen molar-refractivity contribution in [3.63, 3.8) is 0 Å². The van der Waals surface area contributed by atoms with Gasteiger partial charge in [-0.15, -0.1) is 0 Å². The smallest absolute Gasteiger partial charge is 0.234 e. The van der Waals surface area contributed by atoms with Gasteiger partial charge < -0.3 is 0 Å². The first-order valence-electron chi connectivity index (χ1n) is 3.91. The number of aromatic nitrogens is 3. The summed E-state index contributed by atoms with van der Waals surface area (Å²) in [4.78, 5) is 2.44. The highest BCUT2D eigenvalue weighted by Crippen LogP contribution is 2.20. The number of hydrogen-bond donors (Lipinski definition) is 0. The molecule has 84 valence electrons. The quantitative estimate of drug-likeness (QED) is 0.452. The van der Waals surface area contributed by atoms with Crippen LogP contribution in [0.3, 0.4) is 0 Å². The van der Waals surface area contributed by atoms with E-state index in [4.69, 9.17) is 0 Å². The molecule has 0 aliphatic rings. The molecule has 2 heterocycles. The molecule has 0 aliphatic carbocycles. The molecule has 0 bridgehead atoms. The summed E-state index contributed by atoms with van der Waals surface area (Å²) in [6.45, 7) is 0. The van der Waals surface area contributed by atoms with Crippen molar-refractivity contribution in [3.05, 3.63) is 39.5 Å². The van der Waals surface area contributed by atoms with Gasteiger partial charge in [0.2, 0.25) is 11.6 Å². The fourth-order valence-corrected chi connectivity index (χ4v) is 1.49. The number of nitrogens with zero attached hydrogens (tertiary/aromatic N) is 3. The zero-order valence-corrected chi connectivity index (χ0v) is 9.54. The van der Waals surface area contributed by atoms with E-state index in [1.165, 1.54) is 12.4 Å². The monoisotopic (exact) mass is 343 g/mol. The predicted molar refractivity (Wildman–Crippen MR) is 53.9 cm³/mol. The Balaban J connectivity index is 2.73. The third kappa shape index (κ3) is 1.77. The van der Waals surface area contributed by atoms with Crippen molar-refractivity contribution in [2.75, 3.05) is 0 Å². The van der Waals surface area contributed by atoms with Gasteiger partial charge in [0.25, 0.3) is 11.9 Å². The fourth-order valence-electron chi connectivity index (χ4n) is 1.10. The second-order valence-corrected chi connectivity index (χ2v) is 4.02. The first-order chi connectivity index (χ1) is 7.50. The molecule has 0 fully saturated rings. The molecular formula is C8H2F4IN3. The summed E-state index contributed by atoms with van der Waals surface area (Å²) in [5.74, 6) is -6.59. The van der Waals surface area contributed by atoms with Gasteiger partial charge in [-0.05, 0) is 22.6 Å². The molecule has 0 N–H and O–H groups in total. The highest BCUT2D eigenvalue weighted by atomic mass is 127. The molecule has 0 unspecified atom stereocenters. The van der Waals surface area contributed by atoms with Gasteiger partial charge >= 0.3 is 0 Å². The molecule has 0 aliphatic heterocycles. The lowest BCUT2D eigenvalue weighted by molar-refractivity contribution is 0.400. The van der Waals surface area contributed by atoms with E-state index in [1.54, 1.807) is 0 Å². The van der Waals surface area contributed by atoms with Crippen LogP contribution in [0.25, 0.3) is 5.69 Å². The lowest BCUT2D eigenvalue weighted by atomic mass is 10.3. The third-order valence-electron chi connectivity index (χ3n) is 1.75. The second kappa shape index (κ2) is 4.00. The molecule has 2 rings (SSSR count). The first-order valence-corrected chi connectivity index (χ1v) is 4.99. The molecular weight excluding hydrogens is 341 g/mol. The van der Waals surface area contributed by atoms with Crippen LogP contribution < -0.4 is 0 Å². The van der Waals surface area contributed by atoms with E-state index in [0.29, 0.717) is 8.25 Å². The Kier molecular flexibility index (Phi) is 2.82. The van der Waals surface area contributed by atoms with E-state index in [9.17, 15) is 17.6 Å². The van der Waals surface area contributed by atoms with Crippen molar-refractivity contribution in [2.45, 2.75) is 0 Å². The van der Waals surface area contributed by atoms with E-state index >= 15 is 0 Å². The van der Waals surface area contributed by atoms with E-state index in [-0.39, 0.29) is 0 Å². The van der Waals surface area contributed by atoms with Crippen LogP contribution in [0.2, 0.25) is 0 Å². The average molecular weight is 343 g/mol. The maximum Gasteiger partial charge on any atom is 0.254 e. The summed E-state index contributed by atoms with van der Waals surface area (Å²) in [7, 11) is 0. The summed E-state index contributed by atoms with van der Waals surface area (Å²) in [5, 5.41) is 3.56. The molecule has 0 saturated heterocycles. The standard InChI is InChI=1S/C8H2F4IN3/c9-4-6(16-2-3(13)1-14-16)5(10)8(12)15-7(4)11/h1-2H. The van der Waals surface area contributed by atoms with Crippen molar-refractivity contribution >= 4 is 22.6 Å². The van der Waals surface area contributed by atoms with Crippen LogP contribution in [0, 0.1) is 27.1 Å². The third-order valence-corrected chi connectivity index (χ3v) is 2.31. The number of rotatable bonds is 1. The van der Waals surface area contributed by atoms with Crippen LogP contribution in [0.15, 0.2) is 12.4 Å². The zero-order chi connectivity index (χ0) is 11.9. The largest absolute Gasteiger partial charge is 0.254 e. The maximum absolute atomic E-state index is 13.2. The van der Waals surface area contributed by atoms with Crippen molar-refractivity contribution in [1.29, 1.82) is 0 Å². The van der Waals surface area contributed by atoms with Crippen LogP contribution in [-0.4, -0.2) is 14.8 Å². The Morgan fingerprint density at radius 1 is 1.06 bits per heavy atom. The van der Waals surface area contributed by atoms with Crippen LogP contribution in [0.1, 0.15) is 0 Å². The Labute approximate surface area is 100 Å². The minimum atomic E-state index is -1.71. The van der Waals surface area contributed by atoms with Crippen LogP contribution >= 0.6 is 22.6 Å². The Bertz CT molecular complexity index is 528. The highest BCUT2D eigenvalue weighted by Gasteiger charge is 2.22. The SMILES string of the molecule is Fc1nc(F)c(F)c(-n2cc(I)cn2)c1F. The van der Waals surface area contributed by atoms with Gasteiger partial charge in [0.15, 0.2) is 0 Å². The number of halogens is 5. The molecule has 3 nitrogen and oxygen atoms in total. The summed E-state index contributed by atoms with van der Waals surface area (Å²) in [6, 6.07) is 0. The fraction of sp³-hybridized carbons (Fsp3) is 0. The van der Waals surface area contributed by atoms with Crippen molar-refractivity contribution < 1.29 is 17.6 Å². The van der Waals surface area contributed by atoms with Crippen LogP contribution in [0.5, 0.6) is 0 Å². The maximum atomic E-state index is 13.2. The normalized spacial score (nSPS) is 10.8. The lowest BCUT2D eigenvalue weighted by Gasteiger charge is -2.05. The van der Waals surface area contributed by atoms with Gasteiger partial charge in [-0.2, -0.15) is 27.6 Å². The predicted octanol–water partition coefficient (Wildman–Crippen LogP) is 2.43. The minimum absolute atomic E-state index is 0.564. The van der Waals surface area contributed by atoms with Gasteiger partial charge in [0.05, 0.1) is 9.77 Å². The number of pyridine rings is 1. The first kappa shape index (κ1) is 11.3. The lowest BCUT2D eigenvalue weighted by Crippen LogP contribution is -2.09. The Hall–Kier alpha value is -1.19. The molecule has 2 aromatic heterocycles. The van der Waals surface area contributed by atoms with Crippen molar-refractivity contribution in [1.82, 2.24) is 14.8 Å². The molecule has 0 spiro atoms. The topological polar surface area (TPSA) is 30.7 Å². The van der Waals surface area contributed by atoms with E-state index in [2.05, 4.69) is 10.1 Å². The van der Waals surface area contributed by atoms with Gasteiger partial charge in [0, 0.05) is 6.20 Å². The van der Waals surface area contributed by atoms with E-state index in [0.717, 1.165) is 0 Å². The molecule has 0 atom stereocenters. The van der Waals surface area contributed by atoms with Gasteiger partial charge in [-0.1, -0.05) is 0 Å². The molecule has 0 saturated carbocycles. The summed E-state index contributed by atoms with van der Waals surface area (Å²) >= 11 is 1.84. The van der Waals surface area contributed by atoms with Crippen LogP contribution in [0.4, 0.5) is 17.6 Å². The Morgan fingerprint density at radius 2 is 1.62 bits per heavy atom. The van der Waals surface area contributed by atoms with Crippen molar-refractivity contribution in [2.24, 2.45) is 0 Å². The van der Waals surface area contributed by atoms with E-state index < -0.39 is 29.2 Å². The highest BCUT2D eigenvalue weighted by molar-refractivity contribution is 14.1.